The molecule has 2 unspecified atom stereocenters. The number of fused-ring (bicyclic) bond motifs is 1. The van der Waals surface area contributed by atoms with E-state index in [4.69, 9.17) is 15.7 Å². The summed E-state index contributed by atoms with van der Waals surface area (Å²) in [5, 5.41) is 12.0. The molecule has 15 heavy (non-hydrogen) atoms. The highest BCUT2D eigenvalue weighted by atomic mass is 16.5. The van der Waals surface area contributed by atoms with Gasteiger partial charge in [0, 0.05) is 6.54 Å². The topological polar surface area (TPSA) is 71.1 Å². The van der Waals surface area contributed by atoms with Gasteiger partial charge in [0.25, 0.3) is 0 Å². The summed E-state index contributed by atoms with van der Waals surface area (Å²) in [6.45, 7) is 2.49. The number of nitrogens with two attached hydrogens (primary N) is 1. The molecular weight excluding hydrogens is 190 g/mol. The minimum atomic E-state index is -0.00886. The maximum Gasteiger partial charge on any atom is 0.143 e. The third-order valence-electron chi connectivity index (χ3n) is 2.56. The van der Waals surface area contributed by atoms with Crippen LogP contribution in [-0.2, 0) is 0 Å². The molecule has 0 amide bonds. The van der Waals surface area contributed by atoms with Crippen LogP contribution in [-0.4, -0.2) is 18.7 Å². The number of nitrogens with one attached hydrogen (secondary N) is 1. The van der Waals surface area contributed by atoms with Gasteiger partial charge in [0.1, 0.15) is 11.9 Å². The number of hydrogen-bond donors (Lipinski definition) is 2. The van der Waals surface area contributed by atoms with Crippen LogP contribution in [0.5, 0.6) is 5.75 Å². The molecule has 0 bridgehead atoms. The van der Waals surface area contributed by atoms with E-state index in [9.17, 15) is 0 Å². The Hall–Kier alpha value is -1.73. The van der Waals surface area contributed by atoms with Gasteiger partial charge in [-0.05, 0) is 25.1 Å². The largest absolute Gasteiger partial charge is 0.485 e. The van der Waals surface area contributed by atoms with Gasteiger partial charge in [-0.1, -0.05) is 0 Å². The first kappa shape index (κ1) is 9.81. The first-order chi connectivity index (χ1) is 7.24. The summed E-state index contributed by atoms with van der Waals surface area (Å²) in [6, 6.07) is 7.59. The number of ether oxygens (including phenoxy) is 1. The summed E-state index contributed by atoms with van der Waals surface area (Å²) in [7, 11) is 0. The van der Waals surface area contributed by atoms with Crippen LogP contribution in [0, 0.1) is 11.3 Å². The Labute approximate surface area is 88.6 Å². The molecular formula is C11H13N3O. The van der Waals surface area contributed by atoms with Gasteiger partial charge in [-0.3, -0.25) is 0 Å². The van der Waals surface area contributed by atoms with Crippen LogP contribution < -0.4 is 15.8 Å². The fraction of sp³-hybridized carbons (Fsp3) is 0.364. The molecule has 78 valence electrons. The molecule has 0 aliphatic carbocycles. The second-order valence-electron chi connectivity index (χ2n) is 3.65. The fourth-order valence-electron chi connectivity index (χ4n) is 1.67. The molecule has 1 aromatic carbocycles. The summed E-state index contributed by atoms with van der Waals surface area (Å²) in [5.74, 6) is 0.766. The van der Waals surface area contributed by atoms with Crippen molar-refractivity contribution < 1.29 is 4.74 Å². The molecule has 1 aliphatic heterocycles. The lowest BCUT2D eigenvalue weighted by atomic mass is 10.1. The van der Waals surface area contributed by atoms with E-state index in [0.717, 1.165) is 11.4 Å². The third-order valence-corrected chi connectivity index (χ3v) is 2.56. The minimum Gasteiger partial charge on any atom is -0.485 e. The first-order valence-electron chi connectivity index (χ1n) is 4.92. The number of rotatable bonds is 1. The summed E-state index contributed by atoms with van der Waals surface area (Å²) >= 11 is 0. The molecule has 2 atom stereocenters. The molecule has 2 rings (SSSR count). The van der Waals surface area contributed by atoms with Crippen molar-refractivity contribution in [2.75, 3.05) is 11.9 Å². The molecule has 4 nitrogen and oxygen atoms in total. The minimum absolute atomic E-state index is 0.00886. The Morgan fingerprint density at radius 3 is 3.07 bits per heavy atom. The van der Waals surface area contributed by atoms with E-state index < -0.39 is 0 Å². The lowest BCUT2D eigenvalue weighted by Crippen LogP contribution is -2.44. The summed E-state index contributed by atoms with van der Waals surface area (Å²) in [6.07, 6.45) is -0.00886. The second-order valence-corrected chi connectivity index (χ2v) is 3.65. The van der Waals surface area contributed by atoms with Gasteiger partial charge in [0.2, 0.25) is 0 Å². The van der Waals surface area contributed by atoms with Crippen molar-refractivity contribution in [2.45, 2.75) is 19.1 Å². The average molecular weight is 203 g/mol. The van der Waals surface area contributed by atoms with Gasteiger partial charge in [0.05, 0.1) is 23.4 Å². The highest BCUT2D eigenvalue weighted by molar-refractivity contribution is 5.62. The van der Waals surface area contributed by atoms with Crippen LogP contribution >= 0.6 is 0 Å². The van der Waals surface area contributed by atoms with Crippen LogP contribution in [0.2, 0.25) is 0 Å². The van der Waals surface area contributed by atoms with Crippen molar-refractivity contribution in [3.63, 3.8) is 0 Å². The SMILES string of the molecule is CC1Nc2cc(C#N)ccc2OC1CN. The van der Waals surface area contributed by atoms with E-state index >= 15 is 0 Å². The van der Waals surface area contributed by atoms with Gasteiger partial charge in [-0.25, -0.2) is 0 Å². The molecule has 0 saturated heterocycles. The molecule has 1 aliphatic rings. The molecule has 0 fully saturated rings. The van der Waals surface area contributed by atoms with Gasteiger partial charge in [0.15, 0.2) is 0 Å². The van der Waals surface area contributed by atoms with Gasteiger partial charge in [-0.15, -0.1) is 0 Å². The van der Waals surface area contributed by atoms with Crippen LogP contribution in [0.15, 0.2) is 18.2 Å². The number of hydrogen-bond acceptors (Lipinski definition) is 4. The first-order valence-corrected chi connectivity index (χ1v) is 4.92. The van der Waals surface area contributed by atoms with Crippen molar-refractivity contribution in [2.24, 2.45) is 5.73 Å². The molecule has 0 saturated carbocycles. The molecule has 4 heteroatoms. The lowest BCUT2D eigenvalue weighted by molar-refractivity contribution is 0.182. The predicted molar refractivity (Wildman–Crippen MR) is 57.7 cm³/mol. The van der Waals surface area contributed by atoms with E-state index in [0.29, 0.717) is 12.1 Å². The van der Waals surface area contributed by atoms with E-state index in [1.54, 1.807) is 18.2 Å². The van der Waals surface area contributed by atoms with E-state index in [-0.39, 0.29) is 12.1 Å². The molecule has 3 N–H and O–H groups in total. The number of nitriles is 1. The summed E-state index contributed by atoms with van der Waals surface area (Å²) < 4.78 is 5.70. The van der Waals surface area contributed by atoms with Gasteiger partial charge in [-0.2, -0.15) is 5.26 Å². The van der Waals surface area contributed by atoms with Crippen molar-refractivity contribution in [3.8, 4) is 11.8 Å². The normalized spacial score (nSPS) is 23.3. The van der Waals surface area contributed by atoms with Crippen LogP contribution in [0.4, 0.5) is 5.69 Å². The Kier molecular flexibility index (Phi) is 2.48. The quantitative estimate of drug-likeness (QED) is 0.716. The van der Waals surface area contributed by atoms with Gasteiger partial charge < -0.3 is 15.8 Å². The smallest absolute Gasteiger partial charge is 0.143 e. The van der Waals surface area contributed by atoms with Crippen molar-refractivity contribution in [1.29, 1.82) is 5.26 Å². The predicted octanol–water partition coefficient (Wildman–Crippen LogP) is 1.08. The lowest BCUT2D eigenvalue weighted by Gasteiger charge is -2.32. The number of benzene rings is 1. The maximum atomic E-state index is 8.76. The molecule has 1 heterocycles. The third kappa shape index (κ3) is 1.74. The zero-order chi connectivity index (χ0) is 10.8. The summed E-state index contributed by atoms with van der Waals surface area (Å²) in [5.41, 5.74) is 7.08. The number of anilines is 1. The van der Waals surface area contributed by atoms with Crippen molar-refractivity contribution >= 4 is 5.69 Å². The van der Waals surface area contributed by atoms with Crippen molar-refractivity contribution in [3.05, 3.63) is 23.8 Å². The van der Waals surface area contributed by atoms with E-state index in [1.807, 2.05) is 6.92 Å². The molecule has 0 aromatic heterocycles. The zero-order valence-corrected chi connectivity index (χ0v) is 8.53. The molecule has 0 spiro atoms. The Balaban J connectivity index is 2.33. The Morgan fingerprint density at radius 1 is 1.60 bits per heavy atom. The monoisotopic (exact) mass is 203 g/mol. The van der Waals surface area contributed by atoms with Crippen LogP contribution in [0.3, 0.4) is 0 Å². The van der Waals surface area contributed by atoms with Crippen LogP contribution in [0.25, 0.3) is 0 Å². The van der Waals surface area contributed by atoms with E-state index in [2.05, 4.69) is 11.4 Å². The highest BCUT2D eigenvalue weighted by Gasteiger charge is 2.24. The fourth-order valence-corrected chi connectivity index (χ4v) is 1.67. The second kappa shape index (κ2) is 3.79. The Bertz CT molecular complexity index is 411. The average Bonchev–Trinajstić information content (AvgIpc) is 2.27. The molecule has 0 radical (unpaired) electrons. The highest BCUT2D eigenvalue weighted by Crippen LogP contribution is 2.31. The van der Waals surface area contributed by atoms with E-state index in [1.165, 1.54) is 0 Å². The van der Waals surface area contributed by atoms with Crippen molar-refractivity contribution in [1.82, 2.24) is 0 Å². The molecule has 1 aromatic rings. The number of nitrogens with zero attached hydrogens (tertiary/aromatic N) is 1. The van der Waals surface area contributed by atoms with Gasteiger partial charge >= 0.3 is 0 Å². The zero-order valence-electron chi connectivity index (χ0n) is 8.53. The maximum absolute atomic E-state index is 8.76. The van der Waals surface area contributed by atoms with Crippen LogP contribution in [0.1, 0.15) is 12.5 Å². The Morgan fingerprint density at radius 2 is 2.40 bits per heavy atom. The standard InChI is InChI=1S/C11H13N3O/c1-7-11(6-13)15-10-3-2-8(5-12)4-9(10)14-7/h2-4,7,11,14H,6,13H2,1H3. The summed E-state index contributed by atoms with van der Waals surface area (Å²) in [4.78, 5) is 0.